The molecular weight excluding hydrogens is 262 g/mol. The molecule has 1 aliphatic rings. The number of nitro groups is 1. The van der Waals surface area contributed by atoms with E-state index >= 15 is 0 Å². The van der Waals surface area contributed by atoms with Crippen molar-refractivity contribution in [1.29, 1.82) is 0 Å². The summed E-state index contributed by atoms with van der Waals surface area (Å²) >= 11 is 0. The predicted octanol–water partition coefficient (Wildman–Crippen LogP) is 0.802. The summed E-state index contributed by atoms with van der Waals surface area (Å²) in [6.07, 6.45) is 0.574. The van der Waals surface area contributed by atoms with Crippen molar-refractivity contribution in [2.45, 2.75) is 26.0 Å². The molecule has 1 atom stereocenters. The van der Waals surface area contributed by atoms with Gasteiger partial charge in [-0.05, 0) is 18.1 Å². The molecule has 0 bridgehead atoms. The first-order valence-electron chi connectivity index (χ1n) is 6.51. The highest BCUT2D eigenvalue weighted by Gasteiger charge is 2.32. The molecule has 2 rings (SSSR count). The molecule has 0 saturated carbocycles. The van der Waals surface area contributed by atoms with Gasteiger partial charge in [0.05, 0.1) is 11.5 Å². The lowest BCUT2D eigenvalue weighted by molar-refractivity contribution is -0.384. The number of hydrogen-bond donors (Lipinski definition) is 2. The Labute approximate surface area is 116 Å². The number of rotatable bonds is 4. The molecule has 1 fully saturated rings. The van der Waals surface area contributed by atoms with Crippen LogP contribution in [0.15, 0.2) is 18.2 Å². The van der Waals surface area contributed by atoms with Crippen molar-refractivity contribution in [3.8, 4) is 0 Å². The molecule has 1 amide bonds. The van der Waals surface area contributed by atoms with E-state index in [4.69, 9.17) is 5.11 Å². The van der Waals surface area contributed by atoms with Crippen molar-refractivity contribution in [3.63, 3.8) is 0 Å². The number of nitrogens with one attached hydrogen (secondary N) is 1. The van der Waals surface area contributed by atoms with E-state index < -0.39 is 11.0 Å². The summed E-state index contributed by atoms with van der Waals surface area (Å²) in [5.41, 5.74) is 0.827. The van der Waals surface area contributed by atoms with Gasteiger partial charge in [-0.2, -0.15) is 0 Å². The number of piperazine rings is 1. The number of carbonyl (C=O) groups excluding carboxylic acids is 1. The molecule has 7 heteroatoms. The lowest BCUT2D eigenvalue weighted by Gasteiger charge is -2.35. The molecule has 108 valence electrons. The van der Waals surface area contributed by atoms with Crippen molar-refractivity contribution in [2.75, 3.05) is 18.0 Å². The number of carbonyl (C=O) groups is 1. The normalized spacial score (nSPS) is 18.8. The van der Waals surface area contributed by atoms with Crippen LogP contribution in [0.2, 0.25) is 0 Å². The number of amides is 1. The van der Waals surface area contributed by atoms with Crippen LogP contribution in [0.1, 0.15) is 18.9 Å². The molecule has 1 aromatic carbocycles. The summed E-state index contributed by atoms with van der Waals surface area (Å²) < 4.78 is 0. The zero-order valence-electron chi connectivity index (χ0n) is 11.2. The fourth-order valence-corrected chi connectivity index (χ4v) is 2.47. The monoisotopic (exact) mass is 279 g/mol. The van der Waals surface area contributed by atoms with Crippen LogP contribution in [0.4, 0.5) is 11.4 Å². The Morgan fingerprint density at radius 2 is 2.30 bits per heavy atom. The molecule has 0 spiro atoms. The van der Waals surface area contributed by atoms with Gasteiger partial charge in [0.2, 0.25) is 5.91 Å². The van der Waals surface area contributed by atoms with Gasteiger partial charge in [0.1, 0.15) is 11.7 Å². The highest BCUT2D eigenvalue weighted by Crippen LogP contribution is 2.32. The van der Waals surface area contributed by atoms with Gasteiger partial charge in [-0.1, -0.05) is 13.0 Å². The molecule has 2 N–H and O–H groups in total. The first kappa shape index (κ1) is 14.3. The van der Waals surface area contributed by atoms with Crippen LogP contribution in [0, 0.1) is 10.1 Å². The van der Waals surface area contributed by atoms with E-state index in [9.17, 15) is 14.9 Å². The molecule has 0 radical (unpaired) electrons. The smallest absolute Gasteiger partial charge is 0.292 e. The van der Waals surface area contributed by atoms with E-state index in [2.05, 4.69) is 5.32 Å². The summed E-state index contributed by atoms with van der Waals surface area (Å²) in [7, 11) is 0. The second-order valence-corrected chi connectivity index (χ2v) is 4.65. The Morgan fingerprint density at radius 1 is 1.55 bits per heavy atom. The molecule has 20 heavy (non-hydrogen) atoms. The van der Waals surface area contributed by atoms with Crippen LogP contribution < -0.4 is 10.2 Å². The number of nitro benzene ring substituents is 1. The summed E-state index contributed by atoms with van der Waals surface area (Å²) in [4.78, 5) is 24.3. The number of hydrogen-bond acceptors (Lipinski definition) is 5. The highest BCUT2D eigenvalue weighted by molar-refractivity contribution is 5.87. The number of benzene rings is 1. The van der Waals surface area contributed by atoms with E-state index in [-0.39, 0.29) is 18.2 Å². The minimum Gasteiger partial charge on any atom is -0.392 e. The van der Waals surface area contributed by atoms with E-state index in [0.29, 0.717) is 30.8 Å². The summed E-state index contributed by atoms with van der Waals surface area (Å²) in [6, 6.07) is 4.20. The predicted molar refractivity (Wildman–Crippen MR) is 73.5 cm³/mol. The van der Waals surface area contributed by atoms with Gasteiger partial charge in [-0.25, -0.2) is 0 Å². The summed E-state index contributed by atoms with van der Waals surface area (Å²) in [6.45, 7) is 2.62. The largest absolute Gasteiger partial charge is 0.392 e. The average Bonchev–Trinajstić information content (AvgIpc) is 2.46. The maximum absolute atomic E-state index is 11.9. The maximum Gasteiger partial charge on any atom is 0.292 e. The first-order valence-corrected chi connectivity index (χ1v) is 6.51. The Bertz CT molecular complexity index is 532. The number of nitrogens with zero attached hydrogens (tertiary/aromatic N) is 2. The number of anilines is 1. The summed E-state index contributed by atoms with van der Waals surface area (Å²) in [5.74, 6) is -0.112. The van der Waals surface area contributed by atoms with E-state index in [0.717, 1.165) is 0 Å². The van der Waals surface area contributed by atoms with Crippen LogP contribution in [0.25, 0.3) is 0 Å². The number of aliphatic hydroxyl groups excluding tert-OH is 1. The van der Waals surface area contributed by atoms with Gasteiger partial charge in [-0.15, -0.1) is 0 Å². The van der Waals surface area contributed by atoms with E-state index in [1.807, 2.05) is 6.92 Å². The average molecular weight is 279 g/mol. The highest BCUT2D eigenvalue weighted by atomic mass is 16.6. The molecule has 1 aromatic rings. The van der Waals surface area contributed by atoms with Crippen LogP contribution in [0.3, 0.4) is 0 Å². The molecule has 1 unspecified atom stereocenters. The van der Waals surface area contributed by atoms with Gasteiger partial charge in [0.25, 0.3) is 5.69 Å². The second kappa shape index (κ2) is 5.87. The van der Waals surface area contributed by atoms with Crippen molar-refractivity contribution in [2.24, 2.45) is 0 Å². The van der Waals surface area contributed by atoms with E-state index in [1.165, 1.54) is 6.07 Å². The minimum absolute atomic E-state index is 0.0790. The van der Waals surface area contributed by atoms with Crippen LogP contribution in [0.5, 0.6) is 0 Å². The van der Waals surface area contributed by atoms with E-state index in [1.54, 1.807) is 17.0 Å². The molecule has 1 aliphatic heterocycles. The Hall–Kier alpha value is -2.15. The van der Waals surface area contributed by atoms with Gasteiger partial charge in [0, 0.05) is 19.2 Å². The van der Waals surface area contributed by atoms with Gasteiger partial charge in [-0.3, -0.25) is 14.9 Å². The quantitative estimate of drug-likeness (QED) is 0.628. The summed E-state index contributed by atoms with van der Waals surface area (Å²) in [5, 5.41) is 23.1. The van der Waals surface area contributed by atoms with Gasteiger partial charge in [0.15, 0.2) is 0 Å². The lowest BCUT2D eigenvalue weighted by atomic mass is 10.1. The van der Waals surface area contributed by atoms with Gasteiger partial charge >= 0.3 is 0 Å². The molecule has 1 heterocycles. The topological polar surface area (TPSA) is 95.7 Å². The Balaban J connectivity index is 2.44. The molecule has 0 aromatic heterocycles. The standard InChI is InChI=1S/C13H17N3O4/c1-2-10-13(18)14-5-6-15(10)11-4-3-9(8-17)7-12(11)16(19)20/h3-4,7,10,17H,2,5-6,8H2,1H3,(H,14,18). The van der Waals surface area contributed by atoms with Gasteiger partial charge < -0.3 is 15.3 Å². The third kappa shape index (κ3) is 2.57. The molecule has 1 saturated heterocycles. The zero-order chi connectivity index (χ0) is 14.7. The fourth-order valence-electron chi connectivity index (χ4n) is 2.47. The SMILES string of the molecule is CCC1C(=O)NCCN1c1ccc(CO)cc1[N+](=O)[O-]. The Morgan fingerprint density at radius 3 is 2.90 bits per heavy atom. The van der Waals surface area contributed by atoms with Crippen LogP contribution in [-0.2, 0) is 11.4 Å². The molecular formula is C13H17N3O4. The van der Waals surface area contributed by atoms with Crippen molar-refractivity contribution in [1.82, 2.24) is 5.32 Å². The maximum atomic E-state index is 11.9. The van der Waals surface area contributed by atoms with Crippen molar-refractivity contribution < 1.29 is 14.8 Å². The first-order chi connectivity index (χ1) is 9.58. The zero-order valence-corrected chi connectivity index (χ0v) is 11.2. The van der Waals surface area contributed by atoms with Crippen LogP contribution in [-0.4, -0.2) is 35.1 Å². The Kier molecular flexibility index (Phi) is 4.19. The molecule has 0 aliphatic carbocycles. The second-order valence-electron chi connectivity index (χ2n) is 4.65. The van der Waals surface area contributed by atoms with Crippen LogP contribution >= 0.6 is 0 Å². The third-order valence-corrected chi connectivity index (χ3v) is 3.45. The molecule has 7 nitrogen and oxygen atoms in total. The van der Waals surface area contributed by atoms with Crippen molar-refractivity contribution >= 4 is 17.3 Å². The van der Waals surface area contributed by atoms with Crippen molar-refractivity contribution in [3.05, 3.63) is 33.9 Å². The fraction of sp³-hybridized carbons (Fsp3) is 0.462. The lowest BCUT2D eigenvalue weighted by Crippen LogP contribution is -2.55. The third-order valence-electron chi connectivity index (χ3n) is 3.45. The minimum atomic E-state index is -0.478. The number of aliphatic hydroxyl groups is 1.